The number of benzene rings is 1. The third kappa shape index (κ3) is 5.00. The molecule has 1 aliphatic heterocycles. The molecule has 0 amide bonds. The quantitative estimate of drug-likeness (QED) is 0.801. The third-order valence-electron chi connectivity index (χ3n) is 3.59. The highest BCUT2D eigenvalue weighted by atomic mass is 32.2. The van der Waals surface area contributed by atoms with E-state index in [4.69, 9.17) is 4.74 Å². The number of hydrogen-bond donors (Lipinski definition) is 1. The first-order chi connectivity index (χ1) is 9.79. The van der Waals surface area contributed by atoms with Crippen molar-refractivity contribution in [2.24, 2.45) is 0 Å². The van der Waals surface area contributed by atoms with Crippen LogP contribution in [0.3, 0.4) is 0 Å². The first kappa shape index (κ1) is 15.7. The van der Waals surface area contributed by atoms with Crippen LogP contribution in [0.4, 0.5) is 0 Å². The van der Waals surface area contributed by atoms with Crippen LogP contribution in [-0.4, -0.2) is 35.0 Å². The van der Waals surface area contributed by atoms with E-state index in [1.165, 1.54) is 5.56 Å². The van der Waals surface area contributed by atoms with Gasteiger partial charge in [-0.3, -0.25) is 4.21 Å². The van der Waals surface area contributed by atoms with Gasteiger partial charge in [-0.2, -0.15) is 0 Å². The van der Waals surface area contributed by atoms with Gasteiger partial charge >= 0.3 is 0 Å². The maximum Gasteiger partial charge on any atom is 0.0691 e. The van der Waals surface area contributed by atoms with Gasteiger partial charge in [0.1, 0.15) is 0 Å². The second kappa shape index (κ2) is 8.55. The van der Waals surface area contributed by atoms with Crippen molar-refractivity contribution in [3.05, 3.63) is 35.9 Å². The zero-order chi connectivity index (χ0) is 14.2. The van der Waals surface area contributed by atoms with Crippen molar-refractivity contribution < 1.29 is 8.95 Å². The smallest absolute Gasteiger partial charge is 0.0691 e. The molecule has 3 unspecified atom stereocenters. The molecular formula is C16H25NO2S. The van der Waals surface area contributed by atoms with Crippen molar-refractivity contribution in [2.45, 2.75) is 38.3 Å². The summed E-state index contributed by atoms with van der Waals surface area (Å²) in [5.41, 5.74) is 1.22. The minimum absolute atomic E-state index is 0.179. The predicted octanol–water partition coefficient (Wildman–Crippen LogP) is 2.66. The maximum absolute atomic E-state index is 12.3. The van der Waals surface area contributed by atoms with Gasteiger partial charge in [-0.1, -0.05) is 37.3 Å². The van der Waals surface area contributed by atoms with Gasteiger partial charge in [0.25, 0.3) is 0 Å². The summed E-state index contributed by atoms with van der Waals surface area (Å²) in [6, 6.07) is 10.5. The molecule has 1 fully saturated rings. The van der Waals surface area contributed by atoms with E-state index in [9.17, 15) is 4.21 Å². The van der Waals surface area contributed by atoms with Crippen LogP contribution in [0.15, 0.2) is 30.3 Å². The van der Waals surface area contributed by atoms with Crippen molar-refractivity contribution in [3.63, 3.8) is 0 Å². The molecule has 1 N–H and O–H groups in total. The third-order valence-corrected chi connectivity index (χ3v) is 5.04. The first-order valence-corrected chi connectivity index (χ1v) is 9.03. The molecule has 2 rings (SSSR count). The molecule has 1 heterocycles. The van der Waals surface area contributed by atoms with Gasteiger partial charge < -0.3 is 10.1 Å². The van der Waals surface area contributed by atoms with Crippen molar-refractivity contribution in [1.82, 2.24) is 5.32 Å². The Morgan fingerprint density at radius 3 is 2.85 bits per heavy atom. The van der Waals surface area contributed by atoms with Crippen molar-refractivity contribution in [3.8, 4) is 0 Å². The van der Waals surface area contributed by atoms with Crippen molar-refractivity contribution in [1.29, 1.82) is 0 Å². The molecule has 1 aromatic rings. The van der Waals surface area contributed by atoms with Crippen LogP contribution < -0.4 is 5.32 Å². The fourth-order valence-corrected chi connectivity index (χ4v) is 4.01. The Morgan fingerprint density at radius 2 is 2.20 bits per heavy atom. The minimum Gasteiger partial charge on any atom is -0.377 e. The van der Waals surface area contributed by atoms with Crippen molar-refractivity contribution >= 4 is 10.8 Å². The van der Waals surface area contributed by atoms with Gasteiger partial charge in [-0.05, 0) is 31.4 Å². The van der Waals surface area contributed by atoms with E-state index < -0.39 is 10.8 Å². The molecule has 0 spiro atoms. The number of ether oxygens (including phenoxy) is 1. The lowest BCUT2D eigenvalue weighted by atomic mass is 10.1. The fraction of sp³-hybridized carbons (Fsp3) is 0.625. The van der Waals surface area contributed by atoms with Crippen LogP contribution >= 0.6 is 0 Å². The van der Waals surface area contributed by atoms with Crippen LogP contribution in [-0.2, 0) is 15.5 Å². The van der Waals surface area contributed by atoms with Crippen molar-refractivity contribution in [2.75, 3.05) is 24.7 Å². The summed E-state index contributed by atoms with van der Waals surface area (Å²) < 4.78 is 17.9. The monoisotopic (exact) mass is 295 g/mol. The van der Waals surface area contributed by atoms with E-state index in [0.29, 0.717) is 11.5 Å². The van der Waals surface area contributed by atoms with Gasteiger partial charge in [-0.15, -0.1) is 0 Å². The van der Waals surface area contributed by atoms with E-state index in [0.717, 1.165) is 32.4 Å². The van der Waals surface area contributed by atoms with E-state index in [1.54, 1.807) is 0 Å². The molecule has 0 bridgehead atoms. The first-order valence-electron chi connectivity index (χ1n) is 7.54. The average molecular weight is 295 g/mol. The van der Waals surface area contributed by atoms with Crippen LogP contribution in [0, 0.1) is 0 Å². The molecule has 1 aromatic carbocycles. The number of hydrogen-bond acceptors (Lipinski definition) is 3. The number of rotatable bonds is 8. The molecule has 3 nitrogen and oxygen atoms in total. The molecule has 20 heavy (non-hydrogen) atoms. The summed E-state index contributed by atoms with van der Waals surface area (Å²) in [6.07, 6.45) is 3.46. The van der Waals surface area contributed by atoms with Crippen LogP contribution in [0.5, 0.6) is 0 Å². The van der Waals surface area contributed by atoms with Gasteiger partial charge in [0.05, 0.1) is 6.10 Å². The average Bonchev–Trinajstić information content (AvgIpc) is 2.97. The molecule has 0 aliphatic carbocycles. The van der Waals surface area contributed by atoms with Crippen LogP contribution in [0.1, 0.15) is 37.8 Å². The second-order valence-corrected chi connectivity index (χ2v) is 6.87. The molecule has 0 saturated carbocycles. The van der Waals surface area contributed by atoms with E-state index in [2.05, 4.69) is 24.4 Å². The Morgan fingerprint density at radius 1 is 1.40 bits per heavy atom. The molecular weight excluding hydrogens is 270 g/mol. The lowest BCUT2D eigenvalue weighted by Crippen LogP contribution is -2.29. The van der Waals surface area contributed by atoms with Gasteiger partial charge in [0, 0.05) is 35.0 Å². The van der Waals surface area contributed by atoms with E-state index >= 15 is 0 Å². The summed E-state index contributed by atoms with van der Waals surface area (Å²) in [7, 11) is -0.831. The largest absolute Gasteiger partial charge is 0.377 e. The fourth-order valence-electron chi connectivity index (χ4n) is 2.51. The highest BCUT2D eigenvalue weighted by Gasteiger charge is 2.21. The Balaban J connectivity index is 1.91. The van der Waals surface area contributed by atoms with Crippen LogP contribution in [0.2, 0.25) is 0 Å². The highest BCUT2D eigenvalue weighted by molar-refractivity contribution is 7.85. The second-order valence-electron chi connectivity index (χ2n) is 5.33. The van der Waals surface area contributed by atoms with E-state index in [-0.39, 0.29) is 12.1 Å². The Labute approximate surface area is 124 Å². The molecule has 1 aliphatic rings. The normalized spacial score (nSPS) is 21.8. The summed E-state index contributed by atoms with van der Waals surface area (Å²) in [5, 5.41) is 3.51. The summed E-state index contributed by atoms with van der Waals surface area (Å²) in [6.45, 7) is 3.94. The predicted molar refractivity (Wildman–Crippen MR) is 84.3 cm³/mol. The Kier molecular flexibility index (Phi) is 6.70. The molecule has 3 atom stereocenters. The lowest BCUT2D eigenvalue weighted by Gasteiger charge is -2.19. The number of nitrogens with one attached hydrogen (secondary N) is 1. The zero-order valence-electron chi connectivity index (χ0n) is 12.2. The maximum atomic E-state index is 12.3. The van der Waals surface area contributed by atoms with Gasteiger partial charge in [-0.25, -0.2) is 0 Å². The molecule has 1 saturated heterocycles. The Bertz CT molecular complexity index is 404. The van der Waals surface area contributed by atoms with Gasteiger partial charge in [0.15, 0.2) is 0 Å². The SMILES string of the molecule is CCCNC(CS(=O)CC1CCCO1)c1ccccc1. The standard InChI is InChI=1S/C16H25NO2S/c1-2-10-17-16(14-7-4-3-5-8-14)13-20(18)12-15-9-6-11-19-15/h3-5,7-8,15-17H,2,6,9-13H2,1H3. The summed E-state index contributed by atoms with van der Waals surface area (Å²) in [5.74, 6) is 1.35. The highest BCUT2D eigenvalue weighted by Crippen LogP contribution is 2.17. The zero-order valence-corrected chi connectivity index (χ0v) is 13.0. The lowest BCUT2D eigenvalue weighted by molar-refractivity contribution is 0.128. The van der Waals surface area contributed by atoms with E-state index in [1.807, 2.05) is 18.2 Å². The molecule has 0 aromatic heterocycles. The molecule has 0 radical (unpaired) electrons. The van der Waals surface area contributed by atoms with Crippen LogP contribution in [0.25, 0.3) is 0 Å². The molecule has 4 heteroatoms. The topological polar surface area (TPSA) is 38.3 Å². The van der Waals surface area contributed by atoms with Gasteiger partial charge in [0.2, 0.25) is 0 Å². The molecule has 112 valence electrons. The minimum atomic E-state index is -0.831. The Hall–Kier alpha value is -0.710. The summed E-state index contributed by atoms with van der Waals surface area (Å²) >= 11 is 0. The summed E-state index contributed by atoms with van der Waals surface area (Å²) in [4.78, 5) is 0.